The van der Waals surface area contributed by atoms with E-state index >= 15 is 0 Å². The highest BCUT2D eigenvalue weighted by atomic mass is 35.5. The van der Waals surface area contributed by atoms with Crippen molar-refractivity contribution in [2.45, 2.75) is 17.9 Å². The fourth-order valence-electron chi connectivity index (χ4n) is 5.71. The lowest BCUT2D eigenvalue weighted by atomic mass is 9.87. The van der Waals surface area contributed by atoms with Gasteiger partial charge in [-0.25, -0.2) is 0 Å². The van der Waals surface area contributed by atoms with Crippen LogP contribution in [0, 0.1) is 0 Å². The molecule has 2 atom stereocenters. The Labute approximate surface area is 196 Å². The molecule has 1 N–H and O–H groups in total. The van der Waals surface area contributed by atoms with Gasteiger partial charge in [0.25, 0.3) is 0 Å². The molecule has 5 aromatic carbocycles. The summed E-state index contributed by atoms with van der Waals surface area (Å²) in [5, 5.41) is 9.99. The molecule has 154 valence electrons. The molecule has 2 unspecified atom stereocenters. The first-order valence-corrected chi connectivity index (χ1v) is 11.7. The Morgan fingerprint density at radius 3 is 2.31 bits per heavy atom. The average molecular weight is 452 g/mol. The quantitative estimate of drug-likeness (QED) is 0.282. The molecule has 1 fully saturated rings. The zero-order chi connectivity index (χ0) is 21.4. The molecule has 3 heteroatoms. The Hall–Kier alpha value is -3.00. The summed E-state index contributed by atoms with van der Waals surface area (Å²) in [7, 11) is 0. The van der Waals surface area contributed by atoms with Gasteiger partial charge in [-0.1, -0.05) is 96.0 Å². The van der Waals surface area contributed by atoms with Gasteiger partial charge in [0, 0.05) is 27.6 Å². The van der Waals surface area contributed by atoms with E-state index in [2.05, 4.69) is 78.1 Å². The largest absolute Gasteiger partial charge is 0.375 e. The fraction of sp³-hybridized carbons (Fsp3) is 0.103. The lowest BCUT2D eigenvalue weighted by molar-refractivity contribution is 0.815. The third-order valence-electron chi connectivity index (χ3n) is 7.24. The van der Waals surface area contributed by atoms with Crippen LogP contribution in [0.1, 0.15) is 23.5 Å². The zero-order valence-electron chi connectivity index (χ0n) is 17.2. The van der Waals surface area contributed by atoms with E-state index in [1.165, 1.54) is 33.2 Å². The van der Waals surface area contributed by atoms with E-state index in [1.54, 1.807) is 0 Å². The summed E-state index contributed by atoms with van der Waals surface area (Å²) in [6, 6.07) is 32.0. The minimum atomic E-state index is -0.0908. The van der Waals surface area contributed by atoms with E-state index < -0.39 is 0 Å². The molecule has 2 aliphatic rings. The molecule has 7 rings (SSSR count). The van der Waals surface area contributed by atoms with Gasteiger partial charge < -0.3 is 5.32 Å². The van der Waals surface area contributed by atoms with Gasteiger partial charge in [-0.2, -0.15) is 0 Å². The van der Waals surface area contributed by atoms with Gasteiger partial charge in [-0.15, -0.1) is 0 Å². The predicted octanol–water partition coefficient (Wildman–Crippen LogP) is 8.78. The monoisotopic (exact) mass is 451 g/mol. The van der Waals surface area contributed by atoms with E-state index in [1.807, 2.05) is 18.2 Å². The van der Waals surface area contributed by atoms with Crippen molar-refractivity contribution < 1.29 is 0 Å². The van der Waals surface area contributed by atoms with Crippen molar-refractivity contribution in [1.82, 2.24) is 0 Å². The summed E-state index contributed by atoms with van der Waals surface area (Å²) in [4.78, 5) is 0. The summed E-state index contributed by atoms with van der Waals surface area (Å²) in [5.41, 5.74) is 6.17. The van der Waals surface area contributed by atoms with Crippen molar-refractivity contribution in [3.05, 3.63) is 112 Å². The second-order valence-electron chi connectivity index (χ2n) is 8.94. The van der Waals surface area contributed by atoms with Gasteiger partial charge in [0.2, 0.25) is 0 Å². The molecule has 32 heavy (non-hydrogen) atoms. The van der Waals surface area contributed by atoms with Crippen LogP contribution >= 0.6 is 23.2 Å². The first-order valence-electron chi connectivity index (χ1n) is 10.9. The van der Waals surface area contributed by atoms with Gasteiger partial charge >= 0.3 is 0 Å². The molecule has 0 aromatic heterocycles. The topological polar surface area (TPSA) is 12.0 Å². The van der Waals surface area contributed by atoms with Crippen LogP contribution in [0.5, 0.6) is 0 Å². The van der Waals surface area contributed by atoms with Gasteiger partial charge in [0.1, 0.15) is 0 Å². The normalized spacial score (nSPS) is 20.8. The molecule has 0 amide bonds. The number of halogens is 2. The van der Waals surface area contributed by atoms with E-state index in [0.717, 1.165) is 27.8 Å². The van der Waals surface area contributed by atoms with Crippen LogP contribution in [-0.2, 0) is 5.54 Å². The average Bonchev–Trinajstić information content (AvgIpc) is 3.45. The van der Waals surface area contributed by atoms with Crippen molar-refractivity contribution in [2.24, 2.45) is 0 Å². The zero-order valence-corrected chi connectivity index (χ0v) is 18.7. The highest BCUT2D eigenvalue weighted by molar-refractivity contribution is 6.39. The lowest BCUT2D eigenvalue weighted by Gasteiger charge is -2.23. The van der Waals surface area contributed by atoms with Crippen LogP contribution in [0.2, 0.25) is 10.0 Å². The highest BCUT2D eigenvalue weighted by Gasteiger charge is 2.62. The van der Waals surface area contributed by atoms with E-state index in [0.29, 0.717) is 10.9 Å². The van der Waals surface area contributed by atoms with Crippen LogP contribution in [-0.4, -0.2) is 0 Å². The van der Waals surface area contributed by atoms with Crippen LogP contribution in [0.25, 0.3) is 32.7 Å². The molecule has 1 heterocycles. The number of fused-ring (bicyclic) bond motifs is 5. The number of hydrogen-bond donors (Lipinski definition) is 1. The Kier molecular flexibility index (Phi) is 3.78. The Morgan fingerprint density at radius 2 is 1.44 bits per heavy atom. The molecule has 5 aromatic rings. The molecule has 0 saturated heterocycles. The summed E-state index contributed by atoms with van der Waals surface area (Å²) < 4.78 is 0. The molecule has 0 spiro atoms. The van der Waals surface area contributed by atoms with Crippen molar-refractivity contribution in [3.63, 3.8) is 0 Å². The minimum absolute atomic E-state index is 0.0908. The van der Waals surface area contributed by atoms with Crippen LogP contribution in [0.15, 0.2) is 91.0 Å². The van der Waals surface area contributed by atoms with E-state index in [-0.39, 0.29) is 5.54 Å². The number of nitrogens with one attached hydrogen (secondary N) is 1. The maximum atomic E-state index is 7.05. The van der Waals surface area contributed by atoms with Gasteiger partial charge in [-0.05, 0) is 57.5 Å². The third kappa shape index (κ3) is 2.47. The van der Waals surface area contributed by atoms with Crippen molar-refractivity contribution in [2.75, 3.05) is 5.32 Å². The third-order valence-corrected chi connectivity index (χ3v) is 7.88. The van der Waals surface area contributed by atoms with Crippen LogP contribution in [0.3, 0.4) is 0 Å². The standard InChI is InChI=1S/C29H19Cl2N/c30-19-12-9-18-11-14-22(28(31)24(18)15-19)21-13-10-17-5-1-2-6-20(17)27(21)29-16-25(29)23-7-3-4-8-26(23)32-29/h1-15,25,32H,16H2. The molecule has 1 aliphatic carbocycles. The molecular formula is C29H19Cl2N. The first kappa shape index (κ1) is 18.6. The number of hydrogen-bond acceptors (Lipinski definition) is 1. The predicted molar refractivity (Wildman–Crippen MR) is 136 cm³/mol. The number of rotatable bonds is 2. The maximum absolute atomic E-state index is 7.05. The second kappa shape index (κ2) is 6.51. The highest BCUT2D eigenvalue weighted by Crippen LogP contribution is 2.68. The second-order valence-corrected chi connectivity index (χ2v) is 9.76. The Morgan fingerprint density at radius 1 is 0.719 bits per heavy atom. The van der Waals surface area contributed by atoms with Crippen LogP contribution in [0.4, 0.5) is 5.69 Å². The summed E-state index contributed by atoms with van der Waals surface area (Å²) in [6.45, 7) is 0. The van der Waals surface area contributed by atoms with E-state index in [4.69, 9.17) is 23.2 Å². The van der Waals surface area contributed by atoms with Gasteiger partial charge in [0.05, 0.1) is 10.6 Å². The smallest absolute Gasteiger partial charge is 0.0714 e. The molecule has 1 aliphatic heterocycles. The van der Waals surface area contributed by atoms with Gasteiger partial charge in [0.15, 0.2) is 0 Å². The molecule has 0 bridgehead atoms. The van der Waals surface area contributed by atoms with Gasteiger partial charge in [-0.3, -0.25) is 0 Å². The first-order chi connectivity index (χ1) is 15.7. The van der Waals surface area contributed by atoms with Crippen molar-refractivity contribution >= 4 is 50.4 Å². The number of anilines is 1. The summed E-state index contributed by atoms with van der Waals surface area (Å²) in [5.74, 6) is 0.483. The molecular weight excluding hydrogens is 433 g/mol. The molecule has 0 radical (unpaired) electrons. The van der Waals surface area contributed by atoms with E-state index in [9.17, 15) is 0 Å². The molecule has 1 nitrogen and oxygen atoms in total. The van der Waals surface area contributed by atoms with Crippen molar-refractivity contribution in [3.8, 4) is 11.1 Å². The SMILES string of the molecule is Clc1ccc2ccc(-c3ccc4ccccc4c3C34CC3c3ccccc3N4)c(Cl)c2c1. The lowest BCUT2D eigenvalue weighted by Crippen LogP contribution is -2.18. The number of benzene rings is 5. The van der Waals surface area contributed by atoms with Crippen molar-refractivity contribution in [1.29, 1.82) is 0 Å². The Balaban J connectivity index is 1.52. The van der Waals surface area contributed by atoms with Crippen LogP contribution < -0.4 is 5.32 Å². The summed E-state index contributed by atoms with van der Waals surface area (Å²) in [6.07, 6.45) is 1.10. The Bertz CT molecular complexity index is 1570. The summed E-state index contributed by atoms with van der Waals surface area (Å²) >= 11 is 13.4. The fourth-order valence-corrected chi connectivity index (χ4v) is 6.21. The minimum Gasteiger partial charge on any atom is -0.375 e. The molecule has 1 saturated carbocycles. The maximum Gasteiger partial charge on any atom is 0.0714 e. The number of para-hydroxylation sites is 1.